The molecule has 0 aromatic carbocycles. The molecule has 0 atom stereocenters. The van der Waals surface area contributed by atoms with Gasteiger partial charge < -0.3 is 15.5 Å². The highest BCUT2D eigenvalue weighted by Crippen LogP contribution is 2.25. The van der Waals surface area contributed by atoms with Gasteiger partial charge in [0, 0.05) is 55.6 Å². The van der Waals surface area contributed by atoms with E-state index in [1.165, 1.54) is 58.0 Å². The van der Waals surface area contributed by atoms with E-state index >= 15 is 0 Å². The molecule has 1 aromatic rings. The fourth-order valence-corrected chi connectivity index (χ4v) is 5.70. The molecule has 0 amide bonds. The number of nitrogens with zero attached hydrogens (tertiary/aromatic N) is 3. The van der Waals surface area contributed by atoms with E-state index in [1.54, 1.807) is 11.3 Å². The van der Waals surface area contributed by atoms with Gasteiger partial charge in [0.15, 0.2) is 5.96 Å². The number of aliphatic imine (C=N–C) groups is 1. The molecule has 2 heterocycles. The standard InChI is InChI=1S/C20H35N5S2/c1-2-21-19(22-11-6-15-26-20-23-12-16-27-20)24-17-9-13-25(14-10-17)18-7-4-3-5-8-18/h12,16-18H,2-11,13-15H2,1H3,(H2,21,22,24). The normalized spacial score (nSPS) is 20.7. The van der Waals surface area contributed by atoms with Gasteiger partial charge >= 0.3 is 0 Å². The first-order valence-corrected chi connectivity index (χ1v) is 12.5. The van der Waals surface area contributed by atoms with Crippen molar-refractivity contribution in [2.75, 3.05) is 31.9 Å². The van der Waals surface area contributed by atoms with Crippen molar-refractivity contribution in [3.63, 3.8) is 0 Å². The van der Waals surface area contributed by atoms with E-state index in [9.17, 15) is 0 Å². The number of nitrogens with one attached hydrogen (secondary N) is 2. The van der Waals surface area contributed by atoms with Crippen molar-refractivity contribution in [3.8, 4) is 0 Å². The highest BCUT2D eigenvalue weighted by atomic mass is 32.2. The van der Waals surface area contributed by atoms with Crippen LogP contribution in [0.5, 0.6) is 0 Å². The van der Waals surface area contributed by atoms with Gasteiger partial charge in [-0.2, -0.15) is 0 Å². The topological polar surface area (TPSA) is 52.6 Å². The van der Waals surface area contributed by atoms with Gasteiger partial charge in [-0.25, -0.2) is 4.98 Å². The molecule has 2 N–H and O–H groups in total. The summed E-state index contributed by atoms with van der Waals surface area (Å²) in [6, 6.07) is 1.42. The Kier molecular flexibility index (Phi) is 9.24. The van der Waals surface area contributed by atoms with Gasteiger partial charge in [0.05, 0.1) is 0 Å². The predicted molar refractivity (Wildman–Crippen MR) is 118 cm³/mol. The molecule has 0 unspecified atom stereocenters. The summed E-state index contributed by atoms with van der Waals surface area (Å²) in [7, 11) is 0. The summed E-state index contributed by atoms with van der Waals surface area (Å²) in [4.78, 5) is 11.8. The van der Waals surface area contributed by atoms with Crippen molar-refractivity contribution in [2.45, 2.75) is 74.7 Å². The van der Waals surface area contributed by atoms with Gasteiger partial charge in [-0.1, -0.05) is 31.0 Å². The molecule has 1 aliphatic heterocycles. The number of thioether (sulfide) groups is 1. The van der Waals surface area contributed by atoms with E-state index in [0.717, 1.165) is 41.6 Å². The summed E-state index contributed by atoms with van der Waals surface area (Å²) >= 11 is 3.55. The summed E-state index contributed by atoms with van der Waals surface area (Å²) in [5.74, 6) is 2.07. The number of hydrogen-bond donors (Lipinski definition) is 2. The molecule has 5 nitrogen and oxygen atoms in total. The molecule has 2 fully saturated rings. The smallest absolute Gasteiger partial charge is 0.191 e. The lowest BCUT2D eigenvalue weighted by Gasteiger charge is -2.39. The molecule has 0 bridgehead atoms. The van der Waals surface area contributed by atoms with E-state index in [-0.39, 0.29) is 0 Å². The van der Waals surface area contributed by atoms with Gasteiger partial charge in [-0.3, -0.25) is 4.99 Å². The third-order valence-electron chi connectivity index (χ3n) is 5.51. The fraction of sp³-hybridized carbons (Fsp3) is 0.800. The quantitative estimate of drug-likeness (QED) is 0.294. The first-order chi connectivity index (χ1) is 13.3. The second kappa shape index (κ2) is 11.9. The van der Waals surface area contributed by atoms with Gasteiger partial charge in [0.2, 0.25) is 0 Å². The van der Waals surface area contributed by atoms with Crippen LogP contribution in [-0.2, 0) is 0 Å². The highest BCUT2D eigenvalue weighted by molar-refractivity contribution is 8.00. The molecule has 0 radical (unpaired) electrons. The lowest BCUT2D eigenvalue weighted by Crippen LogP contribution is -2.51. The number of guanidine groups is 1. The van der Waals surface area contributed by atoms with E-state index in [0.29, 0.717) is 6.04 Å². The van der Waals surface area contributed by atoms with Crippen LogP contribution in [0.15, 0.2) is 20.9 Å². The van der Waals surface area contributed by atoms with Gasteiger partial charge in [0.1, 0.15) is 4.34 Å². The second-order valence-corrected chi connectivity index (χ2v) is 9.74. The van der Waals surface area contributed by atoms with Crippen molar-refractivity contribution >= 4 is 29.1 Å². The third-order valence-corrected chi connectivity index (χ3v) is 7.57. The molecule has 27 heavy (non-hydrogen) atoms. The molecule has 1 aromatic heterocycles. The van der Waals surface area contributed by atoms with Gasteiger partial charge in [0.25, 0.3) is 0 Å². The summed E-state index contributed by atoms with van der Waals surface area (Å²) in [6.07, 6.45) is 12.6. The average Bonchev–Trinajstić information content (AvgIpc) is 3.23. The molecule has 1 saturated heterocycles. The minimum atomic E-state index is 0.562. The Morgan fingerprint density at radius 2 is 2.07 bits per heavy atom. The largest absolute Gasteiger partial charge is 0.357 e. The van der Waals surface area contributed by atoms with Crippen LogP contribution in [0.4, 0.5) is 0 Å². The van der Waals surface area contributed by atoms with Crippen LogP contribution in [-0.4, -0.2) is 59.9 Å². The summed E-state index contributed by atoms with van der Waals surface area (Å²) in [5.41, 5.74) is 0. The van der Waals surface area contributed by atoms with E-state index in [4.69, 9.17) is 4.99 Å². The molecule has 1 aliphatic carbocycles. The van der Waals surface area contributed by atoms with Crippen molar-refractivity contribution in [2.24, 2.45) is 4.99 Å². The molecule has 3 rings (SSSR count). The first-order valence-electron chi connectivity index (χ1n) is 10.7. The maximum atomic E-state index is 4.79. The van der Waals surface area contributed by atoms with Crippen LogP contribution in [0.3, 0.4) is 0 Å². The molecule has 2 aliphatic rings. The Hall–Kier alpha value is -0.790. The summed E-state index contributed by atoms with van der Waals surface area (Å²) in [6.45, 7) is 6.41. The molecular formula is C20H35N5S2. The Bertz CT molecular complexity index is 535. The van der Waals surface area contributed by atoms with Crippen LogP contribution in [0, 0.1) is 0 Å². The van der Waals surface area contributed by atoms with Crippen molar-refractivity contribution in [1.29, 1.82) is 0 Å². The number of rotatable bonds is 8. The lowest BCUT2D eigenvalue weighted by molar-refractivity contribution is 0.119. The monoisotopic (exact) mass is 409 g/mol. The number of hydrogen-bond acceptors (Lipinski definition) is 5. The molecule has 152 valence electrons. The number of thiazole rings is 1. The summed E-state index contributed by atoms with van der Waals surface area (Å²) in [5, 5.41) is 9.13. The third kappa shape index (κ3) is 7.27. The highest BCUT2D eigenvalue weighted by Gasteiger charge is 2.26. The first kappa shape index (κ1) is 20.9. The molecular weight excluding hydrogens is 374 g/mol. The van der Waals surface area contributed by atoms with Crippen molar-refractivity contribution in [1.82, 2.24) is 20.5 Å². The Morgan fingerprint density at radius 1 is 1.26 bits per heavy atom. The van der Waals surface area contributed by atoms with E-state index in [1.807, 2.05) is 23.3 Å². The zero-order chi connectivity index (χ0) is 18.7. The van der Waals surface area contributed by atoms with Crippen LogP contribution >= 0.6 is 23.1 Å². The van der Waals surface area contributed by atoms with Crippen molar-refractivity contribution < 1.29 is 0 Å². The summed E-state index contributed by atoms with van der Waals surface area (Å²) < 4.78 is 1.16. The van der Waals surface area contributed by atoms with Crippen LogP contribution < -0.4 is 10.6 Å². The maximum Gasteiger partial charge on any atom is 0.191 e. The Labute approximate surface area is 172 Å². The van der Waals surface area contributed by atoms with Crippen LogP contribution in [0.1, 0.15) is 58.3 Å². The number of piperidine rings is 1. The molecule has 7 heteroatoms. The predicted octanol–water partition coefficient (Wildman–Crippen LogP) is 3.98. The van der Waals surface area contributed by atoms with Gasteiger partial charge in [-0.05, 0) is 39.0 Å². The fourth-order valence-electron chi connectivity index (χ4n) is 4.07. The maximum absolute atomic E-state index is 4.79. The number of aromatic nitrogens is 1. The minimum Gasteiger partial charge on any atom is -0.357 e. The van der Waals surface area contributed by atoms with Crippen LogP contribution in [0.25, 0.3) is 0 Å². The zero-order valence-electron chi connectivity index (χ0n) is 16.7. The minimum absolute atomic E-state index is 0.562. The van der Waals surface area contributed by atoms with E-state index < -0.39 is 0 Å². The van der Waals surface area contributed by atoms with E-state index in [2.05, 4.69) is 27.4 Å². The van der Waals surface area contributed by atoms with Crippen molar-refractivity contribution in [3.05, 3.63) is 11.6 Å². The van der Waals surface area contributed by atoms with Gasteiger partial charge in [-0.15, -0.1) is 11.3 Å². The average molecular weight is 410 g/mol. The second-order valence-electron chi connectivity index (χ2n) is 7.51. The lowest BCUT2D eigenvalue weighted by atomic mass is 9.92. The Balaban J connectivity index is 1.35. The SMILES string of the molecule is CCNC(=NCCCSc1nccs1)NC1CCN(C2CCCCC2)CC1. The Morgan fingerprint density at radius 3 is 2.78 bits per heavy atom. The zero-order valence-corrected chi connectivity index (χ0v) is 18.3. The number of likely N-dealkylation sites (tertiary alicyclic amines) is 1. The van der Waals surface area contributed by atoms with Crippen LogP contribution in [0.2, 0.25) is 0 Å². The molecule has 1 saturated carbocycles. The molecule has 0 spiro atoms.